The summed E-state index contributed by atoms with van der Waals surface area (Å²) in [5, 5.41) is 2.32. The van der Waals surface area contributed by atoms with Crippen molar-refractivity contribution in [1.29, 1.82) is 0 Å². The van der Waals surface area contributed by atoms with Gasteiger partial charge >= 0.3 is 0 Å². The molecular weight excluding hydrogens is 268 g/mol. The summed E-state index contributed by atoms with van der Waals surface area (Å²) in [6.07, 6.45) is 5.66. The lowest BCUT2D eigenvalue weighted by Crippen LogP contribution is -2.35. The first-order chi connectivity index (χ1) is 5.25. The van der Waals surface area contributed by atoms with Crippen molar-refractivity contribution in [3.05, 3.63) is 0 Å². The van der Waals surface area contributed by atoms with Gasteiger partial charge in [0.05, 0.1) is 0 Å². The van der Waals surface area contributed by atoms with Gasteiger partial charge in [0, 0.05) is 10.7 Å². The largest absolute Gasteiger partial charge is 0.0922 e. The van der Waals surface area contributed by atoms with Crippen LogP contribution in [0.2, 0.25) is 0 Å². The van der Waals surface area contributed by atoms with Gasteiger partial charge in [0.2, 0.25) is 0 Å². The molecule has 1 aliphatic rings. The molecule has 1 aliphatic carbocycles. The van der Waals surface area contributed by atoms with Crippen molar-refractivity contribution in [2.75, 3.05) is 10.7 Å². The van der Waals surface area contributed by atoms with Crippen LogP contribution >= 0.6 is 31.9 Å². The molecule has 0 heterocycles. The van der Waals surface area contributed by atoms with Crippen molar-refractivity contribution in [3.8, 4) is 0 Å². The molecule has 0 aromatic rings. The number of hydrogen-bond donors (Lipinski definition) is 0. The second kappa shape index (κ2) is 4.27. The Morgan fingerprint density at radius 1 is 1.27 bits per heavy atom. The molecule has 0 radical (unpaired) electrons. The van der Waals surface area contributed by atoms with E-state index in [1.165, 1.54) is 25.7 Å². The van der Waals surface area contributed by atoms with Crippen LogP contribution < -0.4 is 0 Å². The highest BCUT2D eigenvalue weighted by Gasteiger charge is 2.35. The van der Waals surface area contributed by atoms with Crippen molar-refractivity contribution >= 4 is 31.9 Å². The quantitative estimate of drug-likeness (QED) is 0.673. The maximum atomic E-state index is 3.64. The molecule has 0 aromatic heterocycles. The number of alkyl halides is 2. The number of rotatable bonds is 2. The molecule has 0 bridgehead atoms. The summed E-state index contributed by atoms with van der Waals surface area (Å²) < 4.78 is 0. The molecule has 1 rings (SSSR count). The van der Waals surface area contributed by atoms with E-state index in [2.05, 4.69) is 38.8 Å². The summed E-state index contributed by atoms with van der Waals surface area (Å²) in [6.45, 7) is 2.39. The molecule has 1 saturated carbocycles. The van der Waals surface area contributed by atoms with Crippen molar-refractivity contribution in [2.24, 2.45) is 11.3 Å². The molecule has 66 valence electrons. The molecule has 2 heteroatoms. The van der Waals surface area contributed by atoms with Crippen LogP contribution in [-0.4, -0.2) is 10.7 Å². The van der Waals surface area contributed by atoms with Crippen molar-refractivity contribution in [1.82, 2.24) is 0 Å². The van der Waals surface area contributed by atoms with Crippen LogP contribution in [-0.2, 0) is 0 Å². The summed E-state index contributed by atoms with van der Waals surface area (Å²) in [7, 11) is 0. The molecule has 1 unspecified atom stereocenters. The molecule has 0 nitrogen and oxygen atoms in total. The summed E-state index contributed by atoms with van der Waals surface area (Å²) in [5.41, 5.74) is 0.554. The monoisotopic (exact) mass is 282 g/mol. The molecule has 1 atom stereocenters. The van der Waals surface area contributed by atoms with E-state index in [0.29, 0.717) is 5.41 Å². The molecule has 11 heavy (non-hydrogen) atoms. The molecule has 0 N–H and O–H groups in total. The lowest BCUT2D eigenvalue weighted by Gasteiger charge is -2.40. The summed E-state index contributed by atoms with van der Waals surface area (Å²) in [6, 6.07) is 0. The molecular formula is C9H16Br2. The Morgan fingerprint density at radius 3 is 2.27 bits per heavy atom. The minimum atomic E-state index is 0.554. The molecule has 0 aromatic carbocycles. The second-order valence-corrected chi connectivity index (χ2v) is 4.90. The predicted octanol–water partition coefficient (Wildman–Crippen LogP) is 3.97. The zero-order valence-corrected chi connectivity index (χ0v) is 10.2. The maximum absolute atomic E-state index is 3.64. The van der Waals surface area contributed by atoms with Crippen LogP contribution in [0.1, 0.15) is 32.6 Å². The van der Waals surface area contributed by atoms with Gasteiger partial charge in [-0.2, -0.15) is 0 Å². The van der Waals surface area contributed by atoms with Gasteiger partial charge in [-0.1, -0.05) is 58.0 Å². The van der Waals surface area contributed by atoms with Crippen LogP contribution in [0.4, 0.5) is 0 Å². The third kappa shape index (κ3) is 2.00. The molecule has 1 fully saturated rings. The van der Waals surface area contributed by atoms with Gasteiger partial charge in [-0.05, 0) is 17.8 Å². The fraction of sp³-hybridized carbons (Fsp3) is 1.00. The lowest BCUT2D eigenvalue weighted by molar-refractivity contribution is 0.169. The van der Waals surface area contributed by atoms with Gasteiger partial charge in [0.25, 0.3) is 0 Å². The first kappa shape index (κ1) is 10.0. The highest BCUT2D eigenvalue weighted by Crippen LogP contribution is 2.43. The van der Waals surface area contributed by atoms with E-state index in [0.717, 1.165) is 16.6 Å². The first-order valence-electron chi connectivity index (χ1n) is 4.37. The van der Waals surface area contributed by atoms with Gasteiger partial charge in [-0.3, -0.25) is 0 Å². The smallest absolute Gasteiger partial charge is 0.00985 e. The Balaban J connectivity index is 2.61. The van der Waals surface area contributed by atoms with E-state index >= 15 is 0 Å². The van der Waals surface area contributed by atoms with E-state index in [1.54, 1.807) is 0 Å². The fourth-order valence-corrected chi connectivity index (χ4v) is 4.51. The third-order valence-corrected chi connectivity index (χ3v) is 5.37. The third-order valence-electron chi connectivity index (χ3n) is 3.14. The van der Waals surface area contributed by atoms with Gasteiger partial charge in [-0.15, -0.1) is 0 Å². The number of hydrogen-bond acceptors (Lipinski definition) is 0. The first-order valence-corrected chi connectivity index (χ1v) is 6.61. The Morgan fingerprint density at radius 2 is 1.91 bits per heavy atom. The van der Waals surface area contributed by atoms with Gasteiger partial charge in [-0.25, -0.2) is 0 Å². The molecule has 0 amide bonds. The van der Waals surface area contributed by atoms with Crippen LogP contribution in [0.15, 0.2) is 0 Å². The Kier molecular flexibility index (Phi) is 3.90. The average molecular weight is 284 g/mol. The molecule has 0 spiro atoms. The van der Waals surface area contributed by atoms with E-state index in [9.17, 15) is 0 Å². The molecule has 0 aliphatic heterocycles. The summed E-state index contributed by atoms with van der Waals surface area (Å²) >= 11 is 7.28. The minimum absolute atomic E-state index is 0.554. The number of halogens is 2. The van der Waals surface area contributed by atoms with E-state index in [1.807, 2.05) is 0 Å². The Labute approximate surface area is 86.4 Å². The van der Waals surface area contributed by atoms with E-state index in [4.69, 9.17) is 0 Å². The standard InChI is InChI=1S/C9H16Br2/c1-8-4-2-3-5-9(8,6-10)7-11/h8H,2-7H2,1H3. The SMILES string of the molecule is CC1CCCCC1(CBr)CBr. The normalized spacial score (nSPS) is 30.3. The van der Waals surface area contributed by atoms with Crippen LogP contribution in [0.3, 0.4) is 0 Å². The maximum Gasteiger partial charge on any atom is 0.00985 e. The van der Waals surface area contributed by atoms with Crippen LogP contribution in [0.25, 0.3) is 0 Å². The van der Waals surface area contributed by atoms with Crippen LogP contribution in [0, 0.1) is 11.3 Å². The van der Waals surface area contributed by atoms with E-state index < -0.39 is 0 Å². The zero-order chi connectivity index (χ0) is 8.32. The Bertz CT molecular complexity index is 119. The van der Waals surface area contributed by atoms with Gasteiger partial charge in [0.1, 0.15) is 0 Å². The predicted molar refractivity (Wildman–Crippen MR) is 57.7 cm³/mol. The lowest BCUT2D eigenvalue weighted by atomic mass is 9.70. The van der Waals surface area contributed by atoms with Crippen LogP contribution in [0.5, 0.6) is 0 Å². The topological polar surface area (TPSA) is 0 Å². The summed E-state index contributed by atoms with van der Waals surface area (Å²) in [4.78, 5) is 0. The fourth-order valence-electron chi connectivity index (χ4n) is 1.91. The highest BCUT2D eigenvalue weighted by molar-refractivity contribution is 9.09. The molecule has 0 saturated heterocycles. The van der Waals surface area contributed by atoms with Gasteiger partial charge < -0.3 is 0 Å². The van der Waals surface area contributed by atoms with Crippen molar-refractivity contribution in [3.63, 3.8) is 0 Å². The van der Waals surface area contributed by atoms with Crippen molar-refractivity contribution in [2.45, 2.75) is 32.6 Å². The Hall–Kier alpha value is 0.960. The van der Waals surface area contributed by atoms with Crippen molar-refractivity contribution < 1.29 is 0 Å². The average Bonchev–Trinajstić information content (AvgIpc) is 2.06. The zero-order valence-electron chi connectivity index (χ0n) is 7.08. The minimum Gasteiger partial charge on any atom is -0.0922 e. The highest BCUT2D eigenvalue weighted by atomic mass is 79.9. The second-order valence-electron chi connectivity index (χ2n) is 3.78. The summed E-state index contributed by atoms with van der Waals surface area (Å²) in [5.74, 6) is 0.884. The van der Waals surface area contributed by atoms with E-state index in [-0.39, 0.29) is 0 Å². The van der Waals surface area contributed by atoms with Gasteiger partial charge in [0.15, 0.2) is 0 Å².